The Labute approximate surface area is 203 Å². The van der Waals surface area contributed by atoms with Gasteiger partial charge in [-0.25, -0.2) is 9.37 Å². The Hall–Kier alpha value is -3.58. The predicted molar refractivity (Wildman–Crippen MR) is 135 cm³/mol. The predicted octanol–water partition coefficient (Wildman–Crippen LogP) is 5.51. The zero-order valence-corrected chi connectivity index (χ0v) is 19.8. The van der Waals surface area contributed by atoms with Crippen LogP contribution in [0, 0.1) is 5.82 Å². The minimum atomic E-state index is -0.481. The third-order valence-corrected chi connectivity index (χ3v) is 6.04. The van der Waals surface area contributed by atoms with Gasteiger partial charge in [0.05, 0.1) is 10.7 Å². The molecule has 4 rings (SSSR count). The van der Waals surface area contributed by atoms with Crippen molar-refractivity contribution in [2.24, 2.45) is 0 Å². The molecule has 34 heavy (non-hydrogen) atoms. The first-order chi connectivity index (χ1) is 16.4. The van der Waals surface area contributed by atoms with Gasteiger partial charge in [0.15, 0.2) is 0 Å². The first-order valence-electron chi connectivity index (χ1n) is 11.0. The van der Waals surface area contributed by atoms with Crippen LogP contribution in [0.1, 0.15) is 12.8 Å². The highest BCUT2D eigenvalue weighted by atomic mass is 35.5. The summed E-state index contributed by atoms with van der Waals surface area (Å²) in [5.74, 6) is 0.279. The highest BCUT2D eigenvalue weighted by Gasteiger charge is 2.18. The fourth-order valence-corrected chi connectivity index (χ4v) is 4.28. The molecule has 1 amide bonds. The van der Waals surface area contributed by atoms with Gasteiger partial charge in [0.25, 0.3) is 0 Å². The number of hydrogen-bond acceptors (Lipinski definition) is 5. The minimum absolute atomic E-state index is 0.0523. The maximum atomic E-state index is 14.7. The lowest BCUT2D eigenvalue weighted by Crippen LogP contribution is -2.18. The SMILES string of the molecule is CN(C)/C=C\N(C=O)c1ccc(-c2cc(F)cc(-c3ccnc(N4CCCC4)c3)c2O)cc1Cl. The zero-order valence-electron chi connectivity index (χ0n) is 19.1. The molecule has 176 valence electrons. The van der Waals surface area contributed by atoms with E-state index in [9.17, 15) is 14.3 Å². The summed E-state index contributed by atoms with van der Waals surface area (Å²) >= 11 is 6.47. The van der Waals surface area contributed by atoms with Crippen LogP contribution in [0.25, 0.3) is 22.3 Å². The molecule has 2 heterocycles. The second-order valence-electron chi connectivity index (χ2n) is 8.39. The molecule has 0 aliphatic carbocycles. The molecule has 1 aliphatic heterocycles. The van der Waals surface area contributed by atoms with Crippen LogP contribution >= 0.6 is 11.6 Å². The average Bonchev–Trinajstić information content (AvgIpc) is 3.36. The highest BCUT2D eigenvalue weighted by molar-refractivity contribution is 6.34. The molecule has 0 unspecified atom stereocenters. The quantitative estimate of drug-likeness (QED) is 0.452. The fraction of sp³-hybridized carbons (Fsp3) is 0.231. The first kappa shape index (κ1) is 23.6. The summed E-state index contributed by atoms with van der Waals surface area (Å²) < 4.78 is 14.7. The number of anilines is 2. The molecule has 1 N–H and O–H groups in total. The first-order valence-corrected chi connectivity index (χ1v) is 11.4. The van der Waals surface area contributed by atoms with E-state index in [2.05, 4.69) is 9.88 Å². The molecule has 6 nitrogen and oxygen atoms in total. The molecule has 1 aromatic heterocycles. The Morgan fingerprint density at radius 3 is 2.32 bits per heavy atom. The number of phenolic OH excluding ortho intramolecular Hbond substituents is 1. The van der Waals surface area contributed by atoms with E-state index in [1.165, 1.54) is 17.0 Å². The second-order valence-corrected chi connectivity index (χ2v) is 8.79. The number of carbonyl (C=O) groups is 1. The van der Waals surface area contributed by atoms with Gasteiger partial charge in [-0.2, -0.15) is 0 Å². The topological polar surface area (TPSA) is 59.9 Å². The van der Waals surface area contributed by atoms with Gasteiger partial charge in [0.2, 0.25) is 6.41 Å². The fourth-order valence-electron chi connectivity index (χ4n) is 4.01. The standard InChI is InChI=1S/C26H26ClFN4O2/c1-30(2)11-12-32(17-33)24-6-5-18(13-23(24)27)21-15-20(28)16-22(26(21)34)19-7-8-29-25(14-19)31-9-3-4-10-31/h5-8,11-17,34H,3-4,9-10H2,1-2H3/b12-11-. The Balaban J connectivity index is 1.72. The van der Waals surface area contributed by atoms with Gasteiger partial charge in [-0.3, -0.25) is 9.69 Å². The number of aromatic hydroxyl groups is 1. The van der Waals surface area contributed by atoms with Gasteiger partial charge in [0, 0.05) is 56.9 Å². The Morgan fingerprint density at radius 1 is 1.03 bits per heavy atom. The van der Waals surface area contributed by atoms with Crippen molar-refractivity contribution in [1.29, 1.82) is 0 Å². The maximum Gasteiger partial charge on any atom is 0.218 e. The molecule has 1 aliphatic rings. The molecule has 2 aromatic carbocycles. The lowest BCUT2D eigenvalue weighted by molar-refractivity contribution is -0.106. The van der Waals surface area contributed by atoms with Crippen molar-refractivity contribution in [2.75, 3.05) is 37.0 Å². The van der Waals surface area contributed by atoms with E-state index >= 15 is 0 Å². The number of pyridine rings is 1. The molecule has 8 heteroatoms. The lowest BCUT2D eigenvalue weighted by Gasteiger charge is -2.18. The Bertz CT molecular complexity index is 1230. The number of aromatic nitrogens is 1. The van der Waals surface area contributed by atoms with Gasteiger partial charge in [-0.05, 0) is 60.4 Å². The summed E-state index contributed by atoms with van der Waals surface area (Å²) in [6, 6.07) is 11.2. The maximum absolute atomic E-state index is 14.7. The van der Waals surface area contributed by atoms with Crippen molar-refractivity contribution >= 4 is 29.5 Å². The summed E-state index contributed by atoms with van der Waals surface area (Å²) in [5, 5.41) is 11.4. The van der Waals surface area contributed by atoms with Gasteiger partial charge >= 0.3 is 0 Å². The number of benzene rings is 2. The lowest BCUT2D eigenvalue weighted by atomic mass is 9.97. The van der Waals surface area contributed by atoms with E-state index in [0.29, 0.717) is 39.4 Å². The van der Waals surface area contributed by atoms with E-state index in [0.717, 1.165) is 31.7 Å². The Morgan fingerprint density at radius 2 is 1.71 bits per heavy atom. The zero-order chi connectivity index (χ0) is 24.2. The van der Waals surface area contributed by atoms with Crippen molar-refractivity contribution in [3.8, 4) is 28.0 Å². The number of hydrogen-bond donors (Lipinski definition) is 1. The number of rotatable bonds is 7. The van der Waals surface area contributed by atoms with Crippen LogP contribution in [-0.2, 0) is 4.79 Å². The van der Waals surface area contributed by atoms with Crippen LogP contribution in [0.15, 0.2) is 61.1 Å². The molecule has 1 saturated heterocycles. The monoisotopic (exact) mass is 480 g/mol. The van der Waals surface area contributed by atoms with Crippen molar-refractivity contribution in [3.05, 3.63) is 71.9 Å². The molecular weight excluding hydrogens is 455 g/mol. The van der Waals surface area contributed by atoms with E-state index in [1.807, 2.05) is 20.2 Å². The third kappa shape index (κ3) is 4.99. The van der Waals surface area contributed by atoms with Gasteiger partial charge in [0.1, 0.15) is 17.4 Å². The molecule has 0 saturated carbocycles. The van der Waals surface area contributed by atoms with Gasteiger partial charge < -0.3 is 14.9 Å². The van der Waals surface area contributed by atoms with E-state index in [4.69, 9.17) is 11.6 Å². The van der Waals surface area contributed by atoms with Crippen LogP contribution in [0.5, 0.6) is 5.75 Å². The third-order valence-electron chi connectivity index (χ3n) is 5.74. The normalized spacial score (nSPS) is 13.5. The smallest absolute Gasteiger partial charge is 0.218 e. The van der Waals surface area contributed by atoms with Crippen molar-refractivity contribution < 1.29 is 14.3 Å². The van der Waals surface area contributed by atoms with Crippen LogP contribution < -0.4 is 9.80 Å². The Kier molecular flexibility index (Phi) is 7.03. The molecule has 0 radical (unpaired) electrons. The van der Waals surface area contributed by atoms with E-state index in [-0.39, 0.29) is 5.75 Å². The molecule has 1 fully saturated rings. The van der Waals surface area contributed by atoms with E-state index in [1.54, 1.807) is 47.8 Å². The van der Waals surface area contributed by atoms with Crippen molar-refractivity contribution in [2.45, 2.75) is 12.8 Å². The molecular formula is C26H26ClFN4O2. The number of amides is 1. The molecule has 0 atom stereocenters. The average molecular weight is 481 g/mol. The van der Waals surface area contributed by atoms with Crippen LogP contribution in [-0.4, -0.2) is 48.6 Å². The summed E-state index contributed by atoms with van der Waals surface area (Å²) in [5.41, 5.74) is 2.37. The number of phenols is 1. The van der Waals surface area contributed by atoms with Crippen molar-refractivity contribution in [1.82, 2.24) is 9.88 Å². The number of carbonyl (C=O) groups excluding carboxylic acids is 1. The molecule has 0 spiro atoms. The molecule has 3 aromatic rings. The number of halogens is 2. The minimum Gasteiger partial charge on any atom is -0.507 e. The second kappa shape index (κ2) is 10.1. The largest absolute Gasteiger partial charge is 0.507 e. The van der Waals surface area contributed by atoms with Gasteiger partial charge in [-0.1, -0.05) is 17.7 Å². The summed E-state index contributed by atoms with van der Waals surface area (Å²) in [7, 11) is 3.68. The van der Waals surface area contributed by atoms with Crippen molar-refractivity contribution in [3.63, 3.8) is 0 Å². The van der Waals surface area contributed by atoms with E-state index < -0.39 is 5.82 Å². The summed E-state index contributed by atoms with van der Waals surface area (Å²) in [4.78, 5) is 21.3. The van der Waals surface area contributed by atoms with Gasteiger partial charge in [-0.15, -0.1) is 0 Å². The number of nitrogens with zero attached hydrogens (tertiary/aromatic N) is 4. The summed E-state index contributed by atoms with van der Waals surface area (Å²) in [6.45, 7) is 1.87. The highest BCUT2D eigenvalue weighted by Crippen LogP contribution is 2.41. The summed E-state index contributed by atoms with van der Waals surface area (Å²) in [6.07, 6.45) is 7.87. The molecule has 0 bridgehead atoms. The van der Waals surface area contributed by atoms with Crippen LogP contribution in [0.3, 0.4) is 0 Å². The van der Waals surface area contributed by atoms with Crippen LogP contribution in [0.2, 0.25) is 5.02 Å². The van der Waals surface area contributed by atoms with Crippen LogP contribution in [0.4, 0.5) is 15.9 Å².